The van der Waals surface area contributed by atoms with Crippen LogP contribution in [0, 0.1) is 0 Å². The molecule has 0 bridgehead atoms. The highest BCUT2D eigenvalue weighted by atomic mass is 16.2. The number of anilines is 1. The number of hydrogen-bond acceptors (Lipinski definition) is 4. The molecule has 0 atom stereocenters. The van der Waals surface area contributed by atoms with E-state index in [1.165, 1.54) is 6.92 Å². The number of ketones is 1. The standard InChI is InChI=1S/C17H23N3O3/c1-13(21)15-4-6-16(7-5-15)18-17(23)12-19-8-3-9-20(11-10-19)14(2)22/h4-7H,3,8-12H2,1-2H3,(H,18,23). The van der Waals surface area contributed by atoms with Crippen LogP contribution in [0.1, 0.15) is 30.6 Å². The van der Waals surface area contributed by atoms with Gasteiger partial charge in [-0.2, -0.15) is 0 Å². The van der Waals surface area contributed by atoms with Crippen molar-refractivity contribution in [3.05, 3.63) is 29.8 Å². The Morgan fingerprint density at radius 3 is 2.30 bits per heavy atom. The molecule has 0 unspecified atom stereocenters. The molecule has 0 radical (unpaired) electrons. The smallest absolute Gasteiger partial charge is 0.238 e. The topological polar surface area (TPSA) is 69.7 Å². The van der Waals surface area contributed by atoms with E-state index >= 15 is 0 Å². The quantitative estimate of drug-likeness (QED) is 0.852. The number of Topliss-reactive ketones (excluding diaryl/α,β-unsaturated/α-hetero) is 1. The molecular weight excluding hydrogens is 294 g/mol. The van der Waals surface area contributed by atoms with Gasteiger partial charge in [0.05, 0.1) is 6.54 Å². The fourth-order valence-corrected chi connectivity index (χ4v) is 2.64. The highest BCUT2D eigenvalue weighted by Gasteiger charge is 2.18. The van der Waals surface area contributed by atoms with Crippen LogP contribution in [0.2, 0.25) is 0 Å². The van der Waals surface area contributed by atoms with Gasteiger partial charge in [0, 0.05) is 44.4 Å². The van der Waals surface area contributed by atoms with Gasteiger partial charge >= 0.3 is 0 Å². The first-order valence-electron chi connectivity index (χ1n) is 7.84. The van der Waals surface area contributed by atoms with E-state index < -0.39 is 0 Å². The zero-order valence-electron chi connectivity index (χ0n) is 13.7. The third kappa shape index (κ3) is 5.17. The number of amides is 2. The van der Waals surface area contributed by atoms with Crippen molar-refractivity contribution in [1.29, 1.82) is 0 Å². The molecule has 6 nitrogen and oxygen atoms in total. The Morgan fingerprint density at radius 2 is 1.70 bits per heavy atom. The summed E-state index contributed by atoms with van der Waals surface area (Å²) >= 11 is 0. The maximum Gasteiger partial charge on any atom is 0.238 e. The fraction of sp³-hybridized carbons (Fsp3) is 0.471. The first-order valence-corrected chi connectivity index (χ1v) is 7.84. The van der Waals surface area contributed by atoms with Crippen molar-refractivity contribution in [2.45, 2.75) is 20.3 Å². The lowest BCUT2D eigenvalue weighted by Gasteiger charge is -2.20. The summed E-state index contributed by atoms with van der Waals surface area (Å²) < 4.78 is 0. The number of nitrogens with one attached hydrogen (secondary N) is 1. The van der Waals surface area contributed by atoms with Crippen molar-refractivity contribution in [3.63, 3.8) is 0 Å². The molecule has 0 aromatic heterocycles. The lowest BCUT2D eigenvalue weighted by molar-refractivity contribution is -0.128. The Bertz CT molecular complexity index is 583. The molecular formula is C17H23N3O3. The Morgan fingerprint density at radius 1 is 1.00 bits per heavy atom. The summed E-state index contributed by atoms with van der Waals surface area (Å²) in [4.78, 5) is 38.6. The minimum atomic E-state index is -0.0862. The predicted octanol–water partition coefficient (Wildman–Crippen LogP) is 1.38. The minimum Gasteiger partial charge on any atom is -0.342 e. The van der Waals surface area contributed by atoms with E-state index in [0.717, 1.165) is 19.5 Å². The zero-order valence-corrected chi connectivity index (χ0v) is 13.7. The summed E-state index contributed by atoms with van der Waals surface area (Å²) in [6.45, 7) is 6.32. The summed E-state index contributed by atoms with van der Waals surface area (Å²) in [6, 6.07) is 6.87. The van der Waals surface area contributed by atoms with Crippen LogP contribution in [0.3, 0.4) is 0 Å². The first kappa shape index (κ1) is 17.1. The Kier molecular flexibility index (Phi) is 5.87. The number of carbonyl (C=O) groups excluding carboxylic acids is 3. The third-order valence-electron chi connectivity index (χ3n) is 3.98. The molecule has 23 heavy (non-hydrogen) atoms. The molecule has 1 aliphatic heterocycles. The highest BCUT2D eigenvalue weighted by Crippen LogP contribution is 2.10. The lowest BCUT2D eigenvalue weighted by Crippen LogP contribution is -2.37. The Hall–Kier alpha value is -2.21. The number of carbonyl (C=O) groups is 3. The molecule has 0 aliphatic carbocycles. The summed E-state index contributed by atoms with van der Waals surface area (Å²) in [5, 5.41) is 2.84. The zero-order chi connectivity index (χ0) is 16.8. The molecule has 2 amide bonds. The number of hydrogen-bond donors (Lipinski definition) is 1. The molecule has 1 N–H and O–H groups in total. The van der Waals surface area contributed by atoms with E-state index in [-0.39, 0.29) is 17.6 Å². The van der Waals surface area contributed by atoms with E-state index in [4.69, 9.17) is 0 Å². The van der Waals surface area contributed by atoms with Gasteiger partial charge in [0.25, 0.3) is 0 Å². The van der Waals surface area contributed by atoms with Gasteiger partial charge in [-0.15, -0.1) is 0 Å². The van der Waals surface area contributed by atoms with Gasteiger partial charge in [-0.1, -0.05) is 0 Å². The monoisotopic (exact) mass is 317 g/mol. The van der Waals surface area contributed by atoms with Crippen molar-refractivity contribution >= 4 is 23.3 Å². The van der Waals surface area contributed by atoms with Crippen molar-refractivity contribution in [2.75, 3.05) is 38.0 Å². The van der Waals surface area contributed by atoms with Gasteiger partial charge < -0.3 is 10.2 Å². The molecule has 1 heterocycles. The van der Waals surface area contributed by atoms with Crippen LogP contribution < -0.4 is 5.32 Å². The third-order valence-corrected chi connectivity index (χ3v) is 3.98. The molecule has 6 heteroatoms. The van der Waals surface area contributed by atoms with Crippen LogP contribution >= 0.6 is 0 Å². The van der Waals surface area contributed by atoms with Gasteiger partial charge in [-0.3, -0.25) is 19.3 Å². The molecule has 1 saturated heterocycles. The largest absolute Gasteiger partial charge is 0.342 e. The van der Waals surface area contributed by atoms with Crippen LogP contribution in [-0.4, -0.2) is 60.1 Å². The molecule has 1 aromatic rings. The van der Waals surface area contributed by atoms with E-state index in [2.05, 4.69) is 10.2 Å². The Labute approximate surface area is 136 Å². The average Bonchev–Trinajstić information content (AvgIpc) is 2.73. The molecule has 2 rings (SSSR count). The summed E-state index contributed by atoms with van der Waals surface area (Å²) in [5.74, 6) is 0.00109. The fourth-order valence-electron chi connectivity index (χ4n) is 2.64. The molecule has 124 valence electrons. The maximum atomic E-state index is 12.1. The van der Waals surface area contributed by atoms with E-state index in [9.17, 15) is 14.4 Å². The molecule has 0 spiro atoms. The van der Waals surface area contributed by atoms with Crippen molar-refractivity contribution < 1.29 is 14.4 Å². The summed E-state index contributed by atoms with van der Waals surface area (Å²) in [7, 11) is 0. The van der Waals surface area contributed by atoms with Crippen LogP contribution in [0.4, 0.5) is 5.69 Å². The first-order chi connectivity index (χ1) is 11.0. The second-order valence-corrected chi connectivity index (χ2v) is 5.82. The number of nitrogens with zero attached hydrogens (tertiary/aromatic N) is 2. The molecule has 1 aromatic carbocycles. The van der Waals surface area contributed by atoms with Crippen molar-refractivity contribution in [2.24, 2.45) is 0 Å². The normalized spacial score (nSPS) is 15.8. The van der Waals surface area contributed by atoms with E-state index in [0.29, 0.717) is 30.9 Å². The van der Waals surface area contributed by atoms with Gasteiger partial charge in [0.1, 0.15) is 0 Å². The minimum absolute atomic E-state index is 0.00229. The lowest BCUT2D eigenvalue weighted by atomic mass is 10.1. The maximum absolute atomic E-state index is 12.1. The SMILES string of the molecule is CC(=O)c1ccc(NC(=O)CN2CCCN(C(C)=O)CC2)cc1. The average molecular weight is 317 g/mol. The van der Waals surface area contributed by atoms with Gasteiger partial charge in [-0.25, -0.2) is 0 Å². The highest BCUT2D eigenvalue weighted by molar-refractivity contribution is 5.96. The van der Waals surface area contributed by atoms with Crippen molar-refractivity contribution in [1.82, 2.24) is 9.80 Å². The van der Waals surface area contributed by atoms with Crippen LogP contribution in [0.5, 0.6) is 0 Å². The van der Waals surface area contributed by atoms with Crippen molar-refractivity contribution in [3.8, 4) is 0 Å². The second kappa shape index (κ2) is 7.87. The van der Waals surface area contributed by atoms with Gasteiger partial charge in [-0.05, 0) is 37.6 Å². The number of benzene rings is 1. The van der Waals surface area contributed by atoms with Gasteiger partial charge in [0.2, 0.25) is 11.8 Å². The van der Waals surface area contributed by atoms with E-state index in [1.807, 2.05) is 4.90 Å². The second-order valence-electron chi connectivity index (χ2n) is 5.82. The Balaban J connectivity index is 1.84. The van der Waals surface area contributed by atoms with Crippen LogP contribution in [-0.2, 0) is 9.59 Å². The summed E-state index contributed by atoms with van der Waals surface area (Å²) in [5.41, 5.74) is 1.31. The van der Waals surface area contributed by atoms with E-state index in [1.54, 1.807) is 31.2 Å². The molecule has 1 fully saturated rings. The van der Waals surface area contributed by atoms with Crippen LogP contribution in [0.15, 0.2) is 24.3 Å². The molecule has 0 saturated carbocycles. The van der Waals surface area contributed by atoms with Gasteiger partial charge in [0.15, 0.2) is 5.78 Å². The van der Waals surface area contributed by atoms with Crippen LogP contribution in [0.25, 0.3) is 0 Å². The summed E-state index contributed by atoms with van der Waals surface area (Å²) in [6.07, 6.45) is 0.875. The predicted molar refractivity (Wildman–Crippen MR) is 88.4 cm³/mol. The molecule has 1 aliphatic rings. The number of rotatable bonds is 4.